The lowest BCUT2D eigenvalue weighted by Gasteiger charge is -2.28. The smallest absolute Gasteiger partial charge is 0.481 e. The van der Waals surface area contributed by atoms with Crippen molar-refractivity contribution in [1.29, 1.82) is 0 Å². The van der Waals surface area contributed by atoms with Crippen LogP contribution < -0.4 is 5.32 Å². The van der Waals surface area contributed by atoms with Crippen molar-refractivity contribution in [3.63, 3.8) is 0 Å². The average molecular weight is 333 g/mol. The Morgan fingerprint density at radius 1 is 1.09 bits per heavy atom. The summed E-state index contributed by atoms with van der Waals surface area (Å²) in [6.45, 7) is 0.465. The fourth-order valence-electron chi connectivity index (χ4n) is 2.94. The van der Waals surface area contributed by atoms with Crippen molar-refractivity contribution in [2.75, 3.05) is 27.9 Å². The fourth-order valence-corrected chi connectivity index (χ4v) is 4.67. The SMILES string of the molecule is CO[Si](CCCNC(=O)C1CCCCC1C(=O)O)(OC)OC. The first-order valence-corrected chi connectivity index (χ1v) is 9.59. The summed E-state index contributed by atoms with van der Waals surface area (Å²) >= 11 is 0. The highest BCUT2D eigenvalue weighted by atomic mass is 28.4. The molecule has 1 rings (SSSR count). The van der Waals surface area contributed by atoms with Crippen molar-refractivity contribution in [2.24, 2.45) is 11.8 Å². The Morgan fingerprint density at radius 2 is 1.64 bits per heavy atom. The van der Waals surface area contributed by atoms with E-state index in [4.69, 9.17) is 13.3 Å². The van der Waals surface area contributed by atoms with Crippen LogP contribution in [0, 0.1) is 11.8 Å². The zero-order valence-corrected chi connectivity index (χ0v) is 14.6. The fraction of sp³-hybridized carbons (Fsp3) is 0.857. The van der Waals surface area contributed by atoms with Crippen LogP contribution >= 0.6 is 0 Å². The van der Waals surface area contributed by atoms with Crippen LogP contribution in [0.4, 0.5) is 0 Å². The van der Waals surface area contributed by atoms with Crippen LogP contribution in [-0.4, -0.2) is 53.7 Å². The Labute approximate surface area is 132 Å². The molecule has 2 unspecified atom stereocenters. The lowest BCUT2D eigenvalue weighted by Crippen LogP contribution is -2.44. The third kappa shape index (κ3) is 5.05. The number of hydrogen-bond acceptors (Lipinski definition) is 5. The van der Waals surface area contributed by atoms with Crippen LogP contribution in [0.15, 0.2) is 0 Å². The second-order valence-electron chi connectivity index (χ2n) is 5.53. The van der Waals surface area contributed by atoms with Crippen LogP contribution in [0.25, 0.3) is 0 Å². The van der Waals surface area contributed by atoms with Gasteiger partial charge in [0, 0.05) is 33.9 Å². The molecule has 1 aliphatic carbocycles. The summed E-state index contributed by atoms with van der Waals surface area (Å²) in [5.41, 5.74) is 0. The van der Waals surface area contributed by atoms with Crippen LogP contribution in [-0.2, 0) is 22.9 Å². The van der Waals surface area contributed by atoms with Crippen molar-refractivity contribution in [1.82, 2.24) is 5.32 Å². The highest BCUT2D eigenvalue weighted by Gasteiger charge is 2.38. The van der Waals surface area contributed by atoms with E-state index in [0.717, 1.165) is 12.8 Å². The highest BCUT2D eigenvalue weighted by Crippen LogP contribution is 2.30. The van der Waals surface area contributed by atoms with Gasteiger partial charge in [-0.3, -0.25) is 9.59 Å². The van der Waals surface area contributed by atoms with Gasteiger partial charge in [-0.2, -0.15) is 0 Å². The molecule has 1 saturated carbocycles. The van der Waals surface area contributed by atoms with E-state index in [2.05, 4.69) is 5.32 Å². The van der Waals surface area contributed by atoms with E-state index in [1.165, 1.54) is 0 Å². The molecule has 1 amide bonds. The minimum Gasteiger partial charge on any atom is -0.481 e. The number of nitrogens with one attached hydrogen (secondary N) is 1. The highest BCUT2D eigenvalue weighted by molar-refractivity contribution is 6.60. The normalized spacial score (nSPS) is 22.3. The molecule has 0 bridgehead atoms. The van der Waals surface area contributed by atoms with Gasteiger partial charge in [-0.1, -0.05) is 12.8 Å². The third-order valence-electron chi connectivity index (χ3n) is 4.31. The molecule has 1 fully saturated rings. The Hall–Kier alpha value is -0.963. The molecule has 8 heteroatoms. The van der Waals surface area contributed by atoms with Gasteiger partial charge in [0.1, 0.15) is 0 Å². The Morgan fingerprint density at radius 3 is 2.14 bits per heavy atom. The maximum atomic E-state index is 12.2. The molecule has 2 N–H and O–H groups in total. The Bertz CT molecular complexity index is 366. The van der Waals surface area contributed by atoms with Gasteiger partial charge in [0.2, 0.25) is 5.91 Å². The standard InChI is InChI=1S/C14H27NO6Si/c1-19-22(20-2,21-3)10-6-9-15-13(16)11-7-4-5-8-12(11)14(17)18/h11-12H,4-10H2,1-3H3,(H,15,16)(H,17,18). The van der Waals surface area contributed by atoms with Gasteiger partial charge >= 0.3 is 14.8 Å². The number of amides is 1. The van der Waals surface area contributed by atoms with Crippen molar-refractivity contribution in [2.45, 2.75) is 38.1 Å². The molecule has 0 aromatic heterocycles. The molecular weight excluding hydrogens is 306 g/mol. The first-order valence-electron chi connectivity index (χ1n) is 7.65. The van der Waals surface area contributed by atoms with Gasteiger partial charge in [-0.05, 0) is 19.3 Å². The number of carboxylic acid groups (broad SMARTS) is 1. The summed E-state index contributed by atoms with van der Waals surface area (Å²) in [6.07, 6.45) is 3.69. The van der Waals surface area contributed by atoms with E-state index >= 15 is 0 Å². The molecule has 0 heterocycles. The van der Waals surface area contributed by atoms with E-state index in [9.17, 15) is 14.7 Å². The zero-order chi connectivity index (χ0) is 16.6. The zero-order valence-electron chi connectivity index (χ0n) is 13.6. The summed E-state index contributed by atoms with van der Waals surface area (Å²) in [4.78, 5) is 23.4. The van der Waals surface area contributed by atoms with E-state index in [-0.39, 0.29) is 5.91 Å². The number of hydrogen-bond donors (Lipinski definition) is 2. The van der Waals surface area contributed by atoms with E-state index < -0.39 is 26.6 Å². The predicted molar refractivity (Wildman–Crippen MR) is 82.3 cm³/mol. The van der Waals surface area contributed by atoms with E-state index in [1.54, 1.807) is 21.3 Å². The molecule has 0 saturated heterocycles. The van der Waals surface area contributed by atoms with Crippen LogP contribution in [0.3, 0.4) is 0 Å². The van der Waals surface area contributed by atoms with Crippen molar-refractivity contribution < 1.29 is 28.0 Å². The maximum Gasteiger partial charge on any atom is 0.500 e. The molecule has 0 aromatic rings. The molecule has 22 heavy (non-hydrogen) atoms. The molecule has 1 aliphatic rings. The summed E-state index contributed by atoms with van der Waals surface area (Å²) in [6, 6.07) is 0.601. The summed E-state index contributed by atoms with van der Waals surface area (Å²) in [5.74, 6) is -2.00. The average Bonchev–Trinajstić information content (AvgIpc) is 2.55. The summed E-state index contributed by atoms with van der Waals surface area (Å²) in [7, 11) is 2.05. The first kappa shape index (κ1) is 19.1. The Balaban J connectivity index is 2.40. The topological polar surface area (TPSA) is 94.1 Å². The number of carbonyl (C=O) groups is 2. The largest absolute Gasteiger partial charge is 0.500 e. The van der Waals surface area contributed by atoms with E-state index in [1.807, 2.05) is 0 Å². The van der Waals surface area contributed by atoms with Gasteiger partial charge in [0.15, 0.2) is 0 Å². The molecular formula is C14H27NO6Si. The minimum atomic E-state index is -2.61. The monoisotopic (exact) mass is 333 g/mol. The molecule has 7 nitrogen and oxygen atoms in total. The quantitative estimate of drug-likeness (QED) is 0.487. The maximum absolute atomic E-state index is 12.2. The second-order valence-corrected chi connectivity index (χ2v) is 8.62. The number of aliphatic carboxylic acids is 1. The number of carboxylic acids is 1. The molecule has 0 radical (unpaired) electrons. The van der Waals surface area contributed by atoms with Crippen molar-refractivity contribution >= 4 is 20.7 Å². The summed E-state index contributed by atoms with van der Waals surface area (Å²) < 4.78 is 15.9. The van der Waals surface area contributed by atoms with E-state index in [0.29, 0.717) is 31.9 Å². The molecule has 0 spiro atoms. The number of carbonyl (C=O) groups excluding carboxylic acids is 1. The lowest BCUT2D eigenvalue weighted by molar-refractivity contribution is -0.148. The van der Waals surface area contributed by atoms with Crippen molar-refractivity contribution in [3.05, 3.63) is 0 Å². The Kier molecular flexibility index (Phi) is 8.01. The van der Waals surface area contributed by atoms with Crippen LogP contribution in [0.5, 0.6) is 0 Å². The van der Waals surface area contributed by atoms with Gasteiger partial charge < -0.3 is 23.7 Å². The molecule has 0 aliphatic heterocycles. The molecule has 0 aromatic carbocycles. The predicted octanol–water partition coefficient (Wildman–Crippen LogP) is 1.26. The van der Waals surface area contributed by atoms with Gasteiger partial charge in [0.05, 0.1) is 11.8 Å². The van der Waals surface area contributed by atoms with Crippen molar-refractivity contribution in [3.8, 4) is 0 Å². The first-order chi connectivity index (χ1) is 10.5. The van der Waals surface area contributed by atoms with Gasteiger partial charge in [-0.25, -0.2) is 0 Å². The minimum absolute atomic E-state index is 0.161. The number of rotatable bonds is 9. The third-order valence-corrected chi connectivity index (χ3v) is 7.14. The summed E-state index contributed by atoms with van der Waals surface area (Å²) in [5, 5.41) is 12.0. The van der Waals surface area contributed by atoms with Gasteiger partial charge in [0.25, 0.3) is 0 Å². The van der Waals surface area contributed by atoms with Gasteiger partial charge in [-0.15, -0.1) is 0 Å². The molecule has 2 atom stereocenters. The lowest BCUT2D eigenvalue weighted by atomic mass is 9.79. The molecule has 128 valence electrons. The van der Waals surface area contributed by atoms with Crippen LogP contribution in [0.2, 0.25) is 6.04 Å². The van der Waals surface area contributed by atoms with Crippen LogP contribution in [0.1, 0.15) is 32.1 Å². The second kappa shape index (κ2) is 9.24.